The van der Waals surface area contributed by atoms with Crippen molar-refractivity contribution >= 4 is 40.9 Å². The average molecular weight is 331 g/mol. The van der Waals surface area contributed by atoms with Crippen molar-refractivity contribution in [2.24, 2.45) is 0 Å². The number of ether oxygens (including phenoxy) is 2. The fourth-order valence-corrected chi connectivity index (χ4v) is 2.96. The van der Waals surface area contributed by atoms with Gasteiger partial charge in [0, 0.05) is 12.1 Å². The lowest BCUT2D eigenvalue weighted by Crippen LogP contribution is -2.34. The van der Waals surface area contributed by atoms with Gasteiger partial charge in [-0.25, -0.2) is 0 Å². The molecule has 114 valence electrons. The molecule has 0 saturated carbocycles. The molecule has 0 unspecified atom stereocenters. The molecule has 0 atom stereocenters. The molecule has 0 bridgehead atoms. The van der Waals surface area contributed by atoms with E-state index in [0.717, 1.165) is 0 Å². The van der Waals surface area contributed by atoms with Crippen LogP contribution < -0.4 is 14.8 Å². The summed E-state index contributed by atoms with van der Waals surface area (Å²) >= 11 is 7.58. The number of anilines is 1. The van der Waals surface area contributed by atoms with Crippen LogP contribution in [0.15, 0.2) is 12.1 Å². The summed E-state index contributed by atoms with van der Waals surface area (Å²) in [5, 5.41) is 3.01. The van der Waals surface area contributed by atoms with E-state index in [0.29, 0.717) is 33.8 Å². The molecule has 0 aromatic heterocycles. The maximum Gasteiger partial charge on any atom is 0.244 e. The number of methoxy groups -OCH3 is 2. The summed E-state index contributed by atoms with van der Waals surface area (Å²) in [6.45, 7) is 0.0104. The molecular formula is C13H15ClN2O4S. The molecule has 1 aromatic carbocycles. The van der Waals surface area contributed by atoms with Crippen LogP contribution in [0.3, 0.4) is 0 Å². The number of thioether (sulfide) groups is 1. The van der Waals surface area contributed by atoms with Crippen LogP contribution in [0.2, 0.25) is 5.02 Å². The molecule has 0 radical (unpaired) electrons. The quantitative estimate of drug-likeness (QED) is 0.892. The van der Waals surface area contributed by atoms with E-state index in [2.05, 4.69) is 5.32 Å². The minimum atomic E-state index is -0.306. The first kappa shape index (κ1) is 15.8. The molecule has 0 aliphatic carbocycles. The lowest BCUT2D eigenvalue weighted by molar-refractivity contribution is -0.130. The highest BCUT2D eigenvalue weighted by Crippen LogP contribution is 2.36. The summed E-state index contributed by atoms with van der Waals surface area (Å²) in [5.41, 5.74) is 0.415. The van der Waals surface area contributed by atoms with Crippen LogP contribution >= 0.6 is 23.4 Å². The molecule has 1 N–H and O–H groups in total. The number of hydrogen-bond acceptors (Lipinski definition) is 5. The van der Waals surface area contributed by atoms with Crippen LogP contribution in [0.25, 0.3) is 0 Å². The summed E-state index contributed by atoms with van der Waals surface area (Å²) in [5.74, 6) is 1.56. The molecular weight excluding hydrogens is 316 g/mol. The van der Waals surface area contributed by atoms with E-state index in [-0.39, 0.29) is 18.4 Å². The summed E-state index contributed by atoms with van der Waals surface area (Å²) in [7, 11) is 3.00. The fraction of sp³-hybridized carbons (Fsp3) is 0.385. The number of nitrogens with one attached hydrogen (secondary N) is 1. The van der Waals surface area contributed by atoms with Crippen molar-refractivity contribution in [1.82, 2.24) is 4.90 Å². The molecule has 1 aliphatic rings. The third kappa shape index (κ3) is 3.74. The zero-order chi connectivity index (χ0) is 15.4. The van der Waals surface area contributed by atoms with E-state index in [9.17, 15) is 9.59 Å². The first-order valence-electron chi connectivity index (χ1n) is 6.12. The van der Waals surface area contributed by atoms with Crippen molar-refractivity contribution < 1.29 is 19.1 Å². The van der Waals surface area contributed by atoms with Crippen LogP contribution in [0.4, 0.5) is 5.69 Å². The molecule has 1 heterocycles. The Morgan fingerprint density at radius 3 is 2.62 bits per heavy atom. The SMILES string of the molecule is COc1cc(Cl)c(NC(=O)CN2CSCC2=O)cc1OC. The number of nitrogens with zero attached hydrogens (tertiary/aromatic N) is 1. The first-order chi connectivity index (χ1) is 10.0. The summed E-state index contributed by atoms with van der Waals surface area (Å²) < 4.78 is 10.3. The second-order valence-electron chi connectivity index (χ2n) is 4.30. The topological polar surface area (TPSA) is 67.9 Å². The van der Waals surface area contributed by atoms with E-state index in [1.165, 1.54) is 30.9 Å². The molecule has 6 nitrogen and oxygen atoms in total. The predicted octanol–water partition coefficient (Wildman–Crippen LogP) is 1.83. The number of rotatable bonds is 5. The maximum atomic E-state index is 12.0. The Bertz CT molecular complexity index is 567. The van der Waals surface area contributed by atoms with E-state index < -0.39 is 0 Å². The predicted molar refractivity (Wildman–Crippen MR) is 82.2 cm³/mol. The smallest absolute Gasteiger partial charge is 0.244 e. The summed E-state index contributed by atoms with van der Waals surface area (Å²) in [6, 6.07) is 3.15. The van der Waals surface area contributed by atoms with Gasteiger partial charge in [0.2, 0.25) is 11.8 Å². The highest BCUT2D eigenvalue weighted by atomic mass is 35.5. The molecule has 8 heteroatoms. The second-order valence-corrected chi connectivity index (χ2v) is 5.67. The van der Waals surface area contributed by atoms with Crippen molar-refractivity contribution in [2.45, 2.75) is 0 Å². The number of amides is 2. The van der Waals surface area contributed by atoms with Crippen LogP contribution in [-0.2, 0) is 9.59 Å². The Hall–Kier alpha value is -1.60. The molecule has 1 aromatic rings. The van der Waals surface area contributed by atoms with Crippen LogP contribution in [0, 0.1) is 0 Å². The monoisotopic (exact) mass is 330 g/mol. The first-order valence-corrected chi connectivity index (χ1v) is 7.65. The number of halogens is 1. The van der Waals surface area contributed by atoms with Gasteiger partial charge in [0.15, 0.2) is 11.5 Å². The average Bonchev–Trinajstić information content (AvgIpc) is 2.85. The largest absolute Gasteiger partial charge is 0.493 e. The molecule has 0 spiro atoms. The minimum absolute atomic E-state index is 0.0104. The molecule has 2 amide bonds. The Kier molecular flexibility index (Phi) is 5.19. The van der Waals surface area contributed by atoms with Crippen molar-refractivity contribution in [2.75, 3.05) is 37.7 Å². The standard InChI is InChI=1S/C13H15ClN2O4S/c1-19-10-3-8(14)9(4-11(10)20-2)15-12(17)5-16-7-21-6-13(16)18/h3-4H,5-7H2,1-2H3,(H,15,17). The van der Waals surface area contributed by atoms with Gasteiger partial charge in [0.25, 0.3) is 0 Å². The van der Waals surface area contributed by atoms with E-state index in [4.69, 9.17) is 21.1 Å². The van der Waals surface area contributed by atoms with Crippen molar-refractivity contribution in [3.8, 4) is 11.5 Å². The maximum absolute atomic E-state index is 12.0. The van der Waals surface area contributed by atoms with Gasteiger partial charge in [-0.05, 0) is 0 Å². The summed E-state index contributed by atoms with van der Waals surface area (Å²) in [6.07, 6.45) is 0. The van der Waals surface area contributed by atoms with Gasteiger partial charge in [-0.15, -0.1) is 11.8 Å². The Labute approximate surface area is 131 Å². The van der Waals surface area contributed by atoms with Gasteiger partial charge in [-0.1, -0.05) is 11.6 Å². The lowest BCUT2D eigenvalue weighted by atomic mass is 10.2. The Balaban J connectivity index is 2.08. The molecule has 2 rings (SSSR count). The van der Waals surface area contributed by atoms with Crippen molar-refractivity contribution in [3.63, 3.8) is 0 Å². The minimum Gasteiger partial charge on any atom is -0.493 e. The van der Waals surface area contributed by atoms with Crippen molar-refractivity contribution in [1.29, 1.82) is 0 Å². The van der Waals surface area contributed by atoms with Crippen LogP contribution in [0.5, 0.6) is 11.5 Å². The van der Waals surface area contributed by atoms with Gasteiger partial charge in [-0.3, -0.25) is 9.59 Å². The van der Waals surface area contributed by atoms with E-state index in [1.54, 1.807) is 12.1 Å². The Morgan fingerprint density at radius 2 is 2.05 bits per heavy atom. The molecule has 1 aliphatic heterocycles. The van der Waals surface area contributed by atoms with E-state index in [1.807, 2.05) is 0 Å². The Morgan fingerprint density at radius 1 is 1.38 bits per heavy atom. The normalized spacial score (nSPS) is 14.2. The molecule has 1 fully saturated rings. The number of carbonyl (C=O) groups excluding carboxylic acids is 2. The summed E-state index contributed by atoms with van der Waals surface area (Å²) in [4.78, 5) is 24.9. The molecule has 21 heavy (non-hydrogen) atoms. The zero-order valence-corrected chi connectivity index (χ0v) is 13.2. The van der Waals surface area contributed by atoms with Gasteiger partial charge < -0.3 is 19.7 Å². The number of carbonyl (C=O) groups is 2. The third-order valence-electron chi connectivity index (χ3n) is 2.91. The number of hydrogen-bond donors (Lipinski definition) is 1. The second kappa shape index (κ2) is 6.91. The highest BCUT2D eigenvalue weighted by molar-refractivity contribution is 8.00. The van der Waals surface area contributed by atoms with Gasteiger partial charge in [-0.2, -0.15) is 0 Å². The number of benzene rings is 1. The van der Waals surface area contributed by atoms with Crippen LogP contribution in [-0.4, -0.2) is 49.1 Å². The molecule has 1 saturated heterocycles. The zero-order valence-electron chi connectivity index (χ0n) is 11.6. The van der Waals surface area contributed by atoms with E-state index >= 15 is 0 Å². The van der Waals surface area contributed by atoms with Crippen LogP contribution in [0.1, 0.15) is 0 Å². The fourth-order valence-electron chi connectivity index (χ4n) is 1.85. The van der Waals surface area contributed by atoms with Gasteiger partial charge in [0.1, 0.15) is 6.54 Å². The lowest BCUT2D eigenvalue weighted by Gasteiger charge is -2.16. The van der Waals surface area contributed by atoms with Gasteiger partial charge in [0.05, 0.1) is 36.6 Å². The third-order valence-corrected chi connectivity index (χ3v) is 4.17. The highest BCUT2D eigenvalue weighted by Gasteiger charge is 2.23. The van der Waals surface area contributed by atoms with Gasteiger partial charge >= 0.3 is 0 Å². The van der Waals surface area contributed by atoms with Crippen molar-refractivity contribution in [3.05, 3.63) is 17.2 Å².